The van der Waals surface area contributed by atoms with Gasteiger partial charge in [0, 0.05) is 69.3 Å². The molecule has 63 heavy (non-hydrogen) atoms. The molecule has 3 aromatic carbocycles. The largest absolute Gasteiger partial charge is 0.481 e. The molecular weight excluding hydrogens is 775 g/mol. The van der Waals surface area contributed by atoms with Gasteiger partial charge < -0.3 is 15.1 Å². The van der Waals surface area contributed by atoms with E-state index in [9.17, 15) is 4.79 Å². The van der Waals surface area contributed by atoms with E-state index < -0.39 is 5.97 Å². The van der Waals surface area contributed by atoms with Crippen molar-refractivity contribution >= 4 is 52.3 Å². The highest BCUT2D eigenvalue weighted by atomic mass is 16.4. The summed E-state index contributed by atoms with van der Waals surface area (Å²) in [7, 11) is 0. The molecule has 0 saturated heterocycles. The number of aliphatic carboxylic acids is 1. The zero-order valence-corrected chi connectivity index (χ0v) is 36.4. The van der Waals surface area contributed by atoms with Gasteiger partial charge >= 0.3 is 5.97 Å². The molecule has 0 unspecified atom stereocenters. The summed E-state index contributed by atoms with van der Waals surface area (Å²) < 4.78 is 2.26. The third kappa shape index (κ3) is 9.24. The zero-order chi connectivity index (χ0) is 43.3. The van der Waals surface area contributed by atoms with Crippen LogP contribution >= 0.6 is 0 Å². The summed E-state index contributed by atoms with van der Waals surface area (Å²) in [5.41, 5.74) is 19.6. The van der Waals surface area contributed by atoms with Crippen LogP contribution in [0.4, 0.5) is 0 Å². The van der Waals surface area contributed by atoms with Crippen molar-refractivity contribution in [2.75, 3.05) is 0 Å². The van der Waals surface area contributed by atoms with Gasteiger partial charge in [0.05, 0.1) is 22.8 Å². The van der Waals surface area contributed by atoms with Crippen molar-refractivity contribution in [3.05, 3.63) is 161 Å². The van der Waals surface area contributed by atoms with Gasteiger partial charge in [-0.15, -0.1) is 0 Å². The summed E-state index contributed by atoms with van der Waals surface area (Å²) in [5.74, 6) is -0.699. The number of aryl methyl sites for hydroxylation is 4. The lowest BCUT2D eigenvalue weighted by Crippen LogP contribution is -2.32. The van der Waals surface area contributed by atoms with Crippen molar-refractivity contribution in [1.29, 1.82) is 0 Å². The molecule has 9 rings (SSSR count). The van der Waals surface area contributed by atoms with E-state index in [-0.39, 0.29) is 6.42 Å². The minimum absolute atomic E-state index is 0.273. The summed E-state index contributed by atoms with van der Waals surface area (Å²) in [6.07, 6.45) is 20.6. The average Bonchev–Trinajstić information content (AvgIpc) is 4.14. The Balaban J connectivity index is 1.21. The van der Waals surface area contributed by atoms with Gasteiger partial charge in [-0.1, -0.05) is 115 Å². The van der Waals surface area contributed by atoms with Crippen molar-refractivity contribution in [3.8, 4) is 44.5 Å². The maximum absolute atomic E-state index is 10.8. The van der Waals surface area contributed by atoms with Crippen LogP contribution in [0.2, 0.25) is 0 Å². The van der Waals surface area contributed by atoms with Gasteiger partial charge in [-0.25, -0.2) is 14.5 Å². The molecule has 0 spiro atoms. The van der Waals surface area contributed by atoms with Gasteiger partial charge in [-0.05, 0) is 104 Å². The lowest BCUT2D eigenvalue weighted by molar-refractivity contribution is -0.697. The Morgan fingerprint density at radius 1 is 0.444 bits per heavy atom. The van der Waals surface area contributed by atoms with Crippen LogP contribution in [0.1, 0.15) is 90.8 Å². The van der Waals surface area contributed by atoms with Crippen LogP contribution in [0, 0.1) is 20.8 Å². The Morgan fingerprint density at radius 2 is 0.794 bits per heavy atom. The smallest absolute Gasteiger partial charge is 0.303 e. The second-order valence-corrected chi connectivity index (χ2v) is 17.0. The number of nitrogens with zero attached hydrogens (tertiary/aromatic N) is 3. The van der Waals surface area contributed by atoms with Crippen LogP contribution in [0.5, 0.6) is 0 Å². The van der Waals surface area contributed by atoms with Crippen LogP contribution in [-0.4, -0.2) is 31.0 Å². The van der Waals surface area contributed by atoms with Gasteiger partial charge in [-0.2, -0.15) is 0 Å². The summed E-state index contributed by atoms with van der Waals surface area (Å²) in [6.45, 7) is 7.31. The molecular formula is C56H54N5O2+. The van der Waals surface area contributed by atoms with E-state index in [2.05, 4.69) is 181 Å². The van der Waals surface area contributed by atoms with Crippen molar-refractivity contribution in [3.63, 3.8) is 0 Å². The molecule has 7 nitrogen and oxygen atoms in total. The Hall–Kier alpha value is -7.12. The Morgan fingerprint density at radius 3 is 1.22 bits per heavy atom. The first kappa shape index (κ1) is 41.2. The van der Waals surface area contributed by atoms with E-state index in [0.717, 1.165) is 134 Å². The zero-order valence-electron chi connectivity index (χ0n) is 36.4. The summed E-state index contributed by atoms with van der Waals surface area (Å²) in [4.78, 5) is 29.5. The van der Waals surface area contributed by atoms with Crippen LogP contribution in [0.25, 0.3) is 90.9 Å². The normalized spacial score (nSPS) is 12.0. The molecule has 2 aliphatic rings. The molecule has 0 aliphatic carbocycles. The van der Waals surface area contributed by atoms with Gasteiger partial charge in [-0.3, -0.25) is 4.79 Å². The van der Waals surface area contributed by atoms with E-state index in [1.807, 2.05) is 0 Å². The minimum Gasteiger partial charge on any atom is -0.481 e. The van der Waals surface area contributed by atoms with Crippen molar-refractivity contribution in [2.24, 2.45) is 0 Å². The highest BCUT2D eigenvalue weighted by Gasteiger charge is 2.20. The second kappa shape index (κ2) is 18.5. The van der Waals surface area contributed by atoms with E-state index >= 15 is 0 Å². The number of nitrogens with one attached hydrogen (secondary N) is 2. The van der Waals surface area contributed by atoms with Crippen molar-refractivity contribution in [1.82, 2.24) is 19.9 Å². The Kier molecular flexibility index (Phi) is 12.1. The van der Waals surface area contributed by atoms with Crippen LogP contribution in [-0.2, 0) is 11.3 Å². The third-order valence-electron chi connectivity index (χ3n) is 12.3. The summed E-state index contributed by atoms with van der Waals surface area (Å²) in [6, 6.07) is 39.3. The number of rotatable bonds is 14. The number of aromatic amines is 2. The molecule has 4 aromatic heterocycles. The van der Waals surface area contributed by atoms with E-state index in [4.69, 9.17) is 15.1 Å². The van der Waals surface area contributed by atoms with E-state index in [1.54, 1.807) is 0 Å². The van der Waals surface area contributed by atoms with Gasteiger partial charge in [0.2, 0.25) is 0 Å². The SMILES string of the molecule is Cc1ccc(-c2c3nc(c(-c4cc[n+](CCCCCCCCCC(=O)O)cc4)c4nc(c(-c5ccc(C)cc5)c5ccc([nH]5)c(-c5ccc(C)cc5)c5ccc2[nH]5)C=C4)C=C3)cc1. The standard InChI is InChI=1S/C56H53N5O2/c1-37-12-18-40(19-13-37)53-44-24-26-46(57-44)54(41-20-14-38(2)15-21-41)48-28-30-50(59-48)56(43-32-35-61(36-33-43)34-10-8-6-4-5-7-9-11-52(62)63)51-31-29-49(60-51)55(47-27-25-45(53)58-47)42-22-16-39(3)17-23-42/h12-33,35-36H,4-11,34H2,1-3H3,(H2,57,58,59,60,62,63)/p+1. The predicted molar refractivity (Wildman–Crippen MR) is 260 cm³/mol. The highest BCUT2D eigenvalue weighted by molar-refractivity contribution is 6.00. The number of H-pyrrole nitrogens is 2. The molecule has 0 radical (unpaired) electrons. The summed E-state index contributed by atoms with van der Waals surface area (Å²) >= 11 is 0. The van der Waals surface area contributed by atoms with Gasteiger partial charge in [0.1, 0.15) is 6.54 Å². The number of benzene rings is 3. The van der Waals surface area contributed by atoms with Crippen LogP contribution < -0.4 is 4.57 Å². The number of unbranched alkanes of at least 4 members (excludes halogenated alkanes) is 6. The molecule has 8 bridgehead atoms. The maximum Gasteiger partial charge on any atom is 0.303 e. The fourth-order valence-electron chi connectivity index (χ4n) is 8.81. The first-order chi connectivity index (χ1) is 30.8. The molecule has 3 N–H and O–H groups in total. The fraction of sp³-hybridized carbons (Fsp3) is 0.214. The molecule has 0 atom stereocenters. The highest BCUT2D eigenvalue weighted by Crippen LogP contribution is 2.38. The number of carbonyl (C=O) groups is 1. The van der Waals surface area contributed by atoms with Crippen molar-refractivity contribution in [2.45, 2.75) is 78.7 Å². The molecule has 7 aromatic rings. The van der Waals surface area contributed by atoms with Gasteiger partial charge in [0.15, 0.2) is 12.4 Å². The average molecular weight is 829 g/mol. The fourth-order valence-corrected chi connectivity index (χ4v) is 8.81. The molecule has 2 aliphatic heterocycles. The van der Waals surface area contributed by atoms with Gasteiger partial charge in [0.25, 0.3) is 0 Å². The quantitative estimate of drug-likeness (QED) is 0.0751. The Bertz CT molecular complexity index is 2860. The number of fused-ring (bicyclic) bond motifs is 8. The predicted octanol–water partition coefficient (Wildman–Crippen LogP) is 13.7. The first-order valence-corrected chi connectivity index (χ1v) is 22.4. The number of hydrogen-bond donors (Lipinski definition) is 3. The topological polar surface area (TPSA) is 98.5 Å². The maximum atomic E-state index is 10.8. The lowest BCUT2D eigenvalue weighted by atomic mass is 10.0. The van der Waals surface area contributed by atoms with Crippen molar-refractivity contribution < 1.29 is 14.5 Å². The molecule has 0 saturated carbocycles. The number of pyridine rings is 1. The minimum atomic E-state index is -0.699. The molecule has 314 valence electrons. The molecule has 7 heteroatoms. The number of carboxylic acid groups (broad SMARTS) is 1. The van der Waals surface area contributed by atoms with Crippen LogP contribution in [0.15, 0.2) is 122 Å². The second-order valence-electron chi connectivity index (χ2n) is 17.0. The molecule has 0 fully saturated rings. The first-order valence-electron chi connectivity index (χ1n) is 22.4. The number of aromatic nitrogens is 5. The third-order valence-corrected chi connectivity index (χ3v) is 12.3. The molecule has 0 amide bonds. The number of carboxylic acids is 1. The monoisotopic (exact) mass is 828 g/mol. The Labute approximate surface area is 369 Å². The lowest BCUT2D eigenvalue weighted by Gasteiger charge is -2.07. The number of hydrogen-bond acceptors (Lipinski definition) is 3. The summed E-state index contributed by atoms with van der Waals surface area (Å²) in [5, 5.41) is 8.89. The van der Waals surface area contributed by atoms with E-state index in [1.165, 1.54) is 23.1 Å². The molecule has 6 heterocycles. The van der Waals surface area contributed by atoms with E-state index in [0.29, 0.717) is 0 Å². The van der Waals surface area contributed by atoms with Crippen LogP contribution in [0.3, 0.4) is 0 Å².